The summed E-state index contributed by atoms with van der Waals surface area (Å²) in [7, 11) is 1.69. The van der Waals surface area contributed by atoms with Crippen molar-refractivity contribution < 1.29 is 4.74 Å². The second-order valence-corrected chi connectivity index (χ2v) is 4.11. The molecule has 0 fully saturated rings. The van der Waals surface area contributed by atoms with Gasteiger partial charge in [-0.3, -0.25) is 0 Å². The summed E-state index contributed by atoms with van der Waals surface area (Å²) in [5.74, 6) is 0.907. The van der Waals surface area contributed by atoms with E-state index in [0.717, 1.165) is 25.3 Å². The predicted octanol–water partition coefficient (Wildman–Crippen LogP) is 3.49. The molecule has 0 amide bonds. The molecule has 1 rings (SSSR count). The Hall–Kier alpha value is -1.28. The van der Waals surface area contributed by atoms with Gasteiger partial charge in [-0.25, -0.2) is 0 Å². The minimum atomic E-state index is 0.907. The van der Waals surface area contributed by atoms with E-state index in [4.69, 9.17) is 4.74 Å². The van der Waals surface area contributed by atoms with Gasteiger partial charge in [0.15, 0.2) is 0 Å². The van der Waals surface area contributed by atoms with Gasteiger partial charge in [-0.1, -0.05) is 37.6 Å². The van der Waals surface area contributed by atoms with E-state index in [1.165, 1.54) is 17.6 Å². The molecule has 0 aromatic heterocycles. The van der Waals surface area contributed by atoms with Crippen LogP contribution in [0.1, 0.15) is 32.3 Å². The van der Waals surface area contributed by atoms with Gasteiger partial charge < -0.3 is 10.1 Å². The summed E-state index contributed by atoms with van der Waals surface area (Å²) in [4.78, 5) is 0. The van der Waals surface area contributed by atoms with Crippen LogP contribution in [0.4, 0.5) is 0 Å². The summed E-state index contributed by atoms with van der Waals surface area (Å²) < 4.78 is 5.15. The Bertz CT molecular complexity index is 340. The van der Waals surface area contributed by atoms with Crippen LogP contribution in [0.5, 0.6) is 5.75 Å². The van der Waals surface area contributed by atoms with Crippen LogP contribution in [0.15, 0.2) is 29.8 Å². The zero-order valence-corrected chi connectivity index (χ0v) is 11.1. The predicted molar refractivity (Wildman–Crippen MR) is 74.4 cm³/mol. The van der Waals surface area contributed by atoms with E-state index in [9.17, 15) is 0 Å². The van der Waals surface area contributed by atoms with E-state index >= 15 is 0 Å². The van der Waals surface area contributed by atoms with Gasteiger partial charge >= 0.3 is 0 Å². The number of nitrogens with one attached hydrogen (secondary N) is 1. The zero-order valence-electron chi connectivity index (χ0n) is 11.1. The van der Waals surface area contributed by atoms with E-state index in [1.54, 1.807) is 7.11 Å². The maximum absolute atomic E-state index is 5.15. The normalized spacial score (nSPS) is 11.6. The molecule has 0 bridgehead atoms. The first kappa shape index (κ1) is 13.8. The summed E-state index contributed by atoms with van der Waals surface area (Å²) in [6, 6.07) is 8.18. The molecule has 0 saturated heterocycles. The number of benzene rings is 1. The molecule has 0 radical (unpaired) electrons. The Balaban J connectivity index is 2.62. The molecule has 0 unspecified atom stereocenters. The highest BCUT2D eigenvalue weighted by molar-refractivity contribution is 5.54. The number of methoxy groups -OCH3 is 1. The highest BCUT2D eigenvalue weighted by Gasteiger charge is 1.96. The van der Waals surface area contributed by atoms with Crippen molar-refractivity contribution in [2.24, 2.45) is 0 Å². The first-order chi connectivity index (χ1) is 8.30. The Labute approximate surface area is 105 Å². The van der Waals surface area contributed by atoms with Gasteiger partial charge in [0.25, 0.3) is 0 Å². The monoisotopic (exact) mass is 233 g/mol. The number of rotatable bonds is 7. The van der Waals surface area contributed by atoms with Crippen molar-refractivity contribution in [3.8, 4) is 5.75 Å². The van der Waals surface area contributed by atoms with Crippen LogP contribution in [0, 0.1) is 0 Å². The highest BCUT2D eigenvalue weighted by atomic mass is 16.5. The molecular weight excluding hydrogens is 210 g/mol. The Morgan fingerprint density at radius 1 is 1.24 bits per heavy atom. The molecule has 2 nitrogen and oxygen atoms in total. The molecular formula is C15H23NO. The first-order valence-corrected chi connectivity index (χ1v) is 6.34. The van der Waals surface area contributed by atoms with Crippen molar-refractivity contribution in [2.45, 2.75) is 26.7 Å². The van der Waals surface area contributed by atoms with E-state index in [2.05, 4.69) is 37.4 Å². The van der Waals surface area contributed by atoms with Gasteiger partial charge in [-0.15, -0.1) is 0 Å². The van der Waals surface area contributed by atoms with Crippen molar-refractivity contribution in [3.05, 3.63) is 35.4 Å². The van der Waals surface area contributed by atoms with E-state index in [-0.39, 0.29) is 0 Å². The standard InChI is InChI=1S/C15H23NO/c1-4-10-16-12-13(5-2)11-14-6-8-15(17-3)9-7-14/h6-9,11,16H,4-5,10,12H2,1-3H3. The second-order valence-electron chi connectivity index (χ2n) is 4.11. The lowest BCUT2D eigenvalue weighted by Crippen LogP contribution is -2.17. The fourth-order valence-electron chi connectivity index (χ4n) is 1.64. The lowest BCUT2D eigenvalue weighted by molar-refractivity contribution is 0.415. The summed E-state index contributed by atoms with van der Waals surface area (Å²) in [6.07, 6.45) is 4.52. The molecule has 1 aromatic carbocycles. The smallest absolute Gasteiger partial charge is 0.118 e. The average molecular weight is 233 g/mol. The summed E-state index contributed by atoms with van der Waals surface area (Å²) in [5.41, 5.74) is 2.67. The molecule has 0 aliphatic rings. The van der Waals surface area contributed by atoms with Crippen molar-refractivity contribution in [1.82, 2.24) is 5.32 Å². The molecule has 0 saturated carbocycles. The Morgan fingerprint density at radius 3 is 2.47 bits per heavy atom. The Morgan fingerprint density at radius 2 is 1.94 bits per heavy atom. The van der Waals surface area contributed by atoms with Gasteiger partial charge in [-0.05, 0) is 37.1 Å². The number of hydrogen-bond donors (Lipinski definition) is 1. The fraction of sp³-hybridized carbons (Fsp3) is 0.467. The van der Waals surface area contributed by atoms with Gasteiger partial charge in [0.05, 0.1) is 7.11 Å². The third kappa shape index (κ3) is 5.05. The van der Waals surface area contributed by atoms with E-state index in [0.29, 0.717) is 0 Å². The molecule has 0 atom stereocenters. The van der Waals surface area contributed by atoms with Gasteiger partial charge in [0, 0.05) is 6.54 Å². The fourth-order valence-corrected chi connectivity index (χ4v) is 1.64. The lowest BCUT2D eigenvalue weighted by Gasteiger charge is -2.07. The summed E-state index contributed by atoms with van der Waals surface area (Å²) in [6.45, 7) is 6.45. The summed E-state index contributed by atoms with van der Waals surface area (Å²) >= 11 is 0. The molecule has 2 heteroatoms. The van der Waals surface area contributed by atoms with Crippen LogP contribution in [-0.4, -0.2) is 20.2 Å². The topological polar surface area (TPSA) is 21.3 Å². The minimum absolute atomic E-state index is 0.907. The molecule has 17 heavy (non-hydrogen) atoms. The quantitative estimate of drug-likeness (QED) is 0.728. The van der Waals surface area contributed by atoms with Gasteiger partial charge in [-0.2, -0.15) is 0 Å². The maximum atomic E-state index is 5.15. The highest BCUT2D eigenvalue weighted by Crippen LogP contribution is 2.14. The number of hydrogen-bond acceptors (Lipinski definition) is 2. The first-order valence-electron chi connectivity index (χ1n) is 6.34. The number of ether oxygens (including phenoxy) is 1. The third-order valence-corrected chi connectivity index (χ3v) is 2.72. The molecule has 0 aliphatic heterocycles. The zero-order chi connectivity index (χ0) is 12.5. The van der Waals surface area contributed by atoms with Gasteiger partial charge in [0.2, 0.25) is 0 Å². The van der Waals surface area contributed by atoms with Crippen LogP contribution in [0.3, 0.4) is 0 Å². The van der Waals surface area contributed by atoms with Crippen molar-refractivity contribution in [1.29, 1.82) is 0 Å². The Kier molecular flexibility index (Phi) is 6.41. The molecule has 1 N–H and O–H groups in total. The van der Waals surface area contributed by atoms with Crippen LogP contribution in [0.2, 0.25) is 0 Å². The van der Waals surface area contributed by atoms with Crippen molar-refractivity contribution in [3.63, 3.8) is 0 Å². The van der Waals surface area contributed by atoms with Crippen molar-refractivity contribution in [2.75, 3.05) is 20.2 Å². The SMILES string of the molecule is CCCNCC(=Cc1ccc(OC)cc1)CC. The van der Waals surface area contributed by atoms with E-state index < -0.39 is 0 Å². The van der Waals surface area contributed by atoms with Crippen LogP contribution < -0.4 is 10.1 Å². The molecule has 0 aliphatic carbocycles. The largest absolute Gasteiger partial charge is 0.497 e. The lowest BCUT2D eigenvalue weighted by atomic mass is 10.1. The molecule has 1 aromatic rings. The van der Waals surface area contributed by atoms with Crippen LogP contribution >= 0.6 is 0 Å². The van der Waals surface area contributed by atoms with Crippen molar-refractivity contribution >= 4 is 6.08 Å². The third-order valence-electron chi connectivity index (χ3n) is 2.72. The second kappa shape index (κ2) is 7.91. The van der Waals surface area contributed by atoms with Crippen LogP contribution in [-0.2, 0) is 0 Å². The maximum Gasteiger partial charge on any atom is 0.118 e. The van der Waals surface area contributed by atoms with Gasteiger partial charge in [0.1, 0.15) is 5.75 Å². The molecule has 0 spiro atoms. The molecule has 0 heterocycles. The molecule has 94 valence electrons. The minimum Gasteiger partial charge on any atom is -0.497 e. The average Bonchev–Trinajstić information content (AvgIpc) is 2.38. The van der Waals surface area contributed by atoms with Crippen LogP contribution in [0.25, 0.3) is 6.08 Å². The summed E-state index contributed by atoms with van der Waals surface area (Å²) in [5, 5.41) is 3.44. The van der Waals surface area contributed by atoms with E-state index in [1.807, 2.05) is 12.1 Å².